The van der Waals surface area contributed by atoms with Crippen molar-refractivity contribution in [3.63, 3.8) is 0 Å². The van der Waals surface area contributed by atoms with Gasteiger partial charge >= 0.3 is 0 Å². The first-order chi connectivity index (χ1) is 8.43. The maximum Gasteiger partial charge on any atom is 0.211 e. The lowest BCUT2D eigenvalue weighted by molar-refractivity contribution is 0.280. The van der Waals surface area contributed by atoms with Crippen LogP contribution < -0.4 is 11.1 Å². The number of hydrogen-bond acceptors (Lipinski definition) is 3. The molecule has 3 N–H and O–H groups in total. The molecule has 0 aliphatic carbocycles. The van der Waals surface area contributed by atoms with Crippen LogP contribution in [-0.4, -0.2) is 51.1 Å². The van der Waals surface area contributed by atoms with E-state index in [1.165, 1.54) is 10.6 Å². The second-order valence-electron chi connectivity index (χ2n) is 4.76. The average molecular weight is 276 g/mol. The number of nitrogens with two attached hydrogens (primary N) is 1. The first-order valence-electron chi connectivity index (χ1n) is 6.42. The summed E-state index contributed by atoms with van der Waals surface area (Å²) < 4.78 is 24.2. The summed E-state index contributed by atoms with van der Waals surface area (Å²) in [6.45, 7) is 4.78. The third-order valence-electron chi connectivity index (χ3n) is 3.12. The van der Waals surface area contributed by atoms with Crippen molar-refractivity contribution in [2.24, 2.45) is 16.6 Å². The Morgan fingerprint density at radius 1 is 1.44 bits per heavy atom. The second kappa shape index (κ2) is 6.94. The molecular weight excluding hydrogens is 252 g/mol. The van der Waals surface area contributed by atoms with Gasteiger partial charge in [-0.2, -0.15) is 0 Å². The van der Waals surface area contributed by atoms with Crippen molar-refractivity contribution in [3.05, 3.63) is 0 Å². The molecule has 0 aromatic carbocycles. The molecule has 6 nitrogen and oxygen atoms in total. The average Bonchev–Trinajstić information content (AvgIpc) is 2.33. The van der Waals surface area contributed by atoms with Gasteiger partial charge in [0.15, 0.2) is 5.96 Å². The van der Waals surface area contributed by atoms with Crippen LogP contribution in [0.3, 0.4) is 0 Å². The maximum absolute atomic E-state index is 11.3. The van der Waals surface area contributed by atoms with Gasteiger partial charge in [-0.3, -0.25) is 4.99 Å². The molecule has 1 aliphatic heterocycles. The topological polar surface area (TPSA) is 87.8 Å². The summed E-state index contributed by atoms with van der Waals surface area (Å²) in [6, 6.07) is 0. The molecule has 0 atom stereocenters. The third kappa shape index (κ3) is 5.22. The molecule has 0 aromatic rings. The van der Waals surface area contributed by atoms with Crippen LogP contribution in [0.2, 0.25) is 0 Å². The van der Waals surface area contributed by atoms with Crippen LogP contribution in [0.5, 0.6) is 0 Å². The number of aliphatic imine (C=N–C) groups is 1. The number of nitrogens with zero attached hydrogens (tertiary/aromatic N) is 2. The van der Waals surface area contributed by atoms with Gasteiger partial charge in [-0.25, -0.2) is 12.7 Å². The molecule has 18 heavy (non-hydrogen) atoms. The highest BCUT2D eigenvalue weighted by molar-refractivity contribution is 7.88. The summed E-state index contributed by atoms with van der Waals surface area (Å²) in [5, 5.41) is 3.03. The van der Waals surface area contributed by atoms with Gasteiger partial charge in [-0.05, 0) is 25.2 Å². The second-order valence-corrected chi connectivity index (χ2v) is 6.74. The first-order valence-corrected chi connectivity index (χ1v) is 8.27. The minimum Gasteiger partial charge on any atom is -0.370 e. The van der Waals surface area contributed by atoms with Gasteiger partial charge in [-0.15, -0.1) is 0 Å². The van der Waals surface area contributed by atoms with Gasteiger partial charge in [0.1, 0.15) is 0 Å². The summed E-state index contributed by atoms with van der Waals surface area (Å²) in [6.07, 6.45) is 4.00. The standard InChI is InChI=1S/C11H24N4O2S/c1-3-6-13-11(12)14-9-10-4-7-15(8-5-10)18(2,16)17/h10H,3-9H2,1-2H3,(H3,12,13,14). The summed E-state index contributed by atoms with van der Waals surface area (Å²) in [4.78, 5) is 4.29. The molecule has 1 rings (SSSR count). The number of rotatable bonds is 5. The SMILES string of the molecule is CCCNC(N)=NCC1CCN(S(C)(=O)=O)CC1. The van der Waals surface area contributed by atoms with E-state index in [0.29, 0.717) is 31.5 Å². The van der Waals surface area contributed by atoms with E-state index >= 15 is 0 Å². The lowest BCUT2D eigenvalue weighted by Gasteiger charge is -2.29. The van der Waals surface area contributed by atoms with Crippen molar-refractivity contribution < 1.29 is 8.42 Å². The summed E-state index contributed by atoms with van der Waals surface area (Å²) in [7, 11) is -3.03. The first kappa shape index (κ1) is 15.2. The van der Waals surface area contributed by atoms with E-state index in [9.17, 15) is 8.42 Å². The Kier molecular flexibility index (Phi) is 5.87. The van der Waals surface area contributed by atoms with E-state index in [0.717, 1.165) is 25.8 Å². The normalized spacial score (nSPS) is 20.0. The largest absolute Gasteiger partial charge is 0.370 e. The van der Waals surface area contributed by atoms with Crippen LogP contribution in [0.1, 0.15) is 26.2 Å². The molecule has 0 saturated carbocycles. The van der Waals surface area contributed by atoms with Crippen molar-refractivity contribution in [2.45, 2.75) is 26.2 Å². The van der Waals surface area contributed by atoms with Crippen molar-refractivity contribution in [1.29, 1.82) is 0 Å². The Labute approximate surface area is 110 Å². The number of sulfonamides is 1. The van der Waals surface area contributed by atoms with Gasteiger partial charge < -0.3 is 11.1 Å². The minimum atomic E-state index is -3.03. The molecule has 0 radical (unpaired) electrons. The minimum absolute atomic E-state index is 0.435. The summed E-state index contributed by atoms with van der Waals surface area (Å²) in [5.74, 6) is 0.923. The molecule has 0 unspecified atom stereocenters. The Bertz CT molecular complexity index is 373. The highest BCUT2D eigenvalue weighted by Gasteiger charge is 2.24. The van der Waals surface area contributed by atoms with Crippen LogP contribution in [0.15, 0.2) is 4.99 Å². The molecule has 106 valence electrons. The molecule has 0 spiro atoms. The molecule has 7 heteroatoms. The van der Waals surface area contributed by atoms with Crippen LogP contribution in [0, 0.1) is 5.92 Å². The van der Waals surface area contributed by atoms with Crippen LogP contribution in [0.4, 0.5) is 0 Å². The highest BCUT2D eigenvalue weighted by Crippen LogP contribution is 2.19. The van der Waals surface area contributed by atoms with E-state index in [4.69, 9.17) is 5.73 Å². The maximum atomic E-state index is 11.3. The van der Waals surface area contributed by atoms with E-state index < -0.39 is 10.0 Å². The predicted octanol–water partition coefficient (Wildman–Crippen LogP) is -0.0277. The monoisotopic (exact) mass is 276 g/mol. The van der Waals surface area contributed by atoms with Crippen molar-refractivity contribution >= 4 is 16.0 Å². The number of piperidine rings is 1. The van der Waals surface area contributed by atoms with Crippen LogP contribution >= 0.6 is 0 Å². The molecule has 1 heterocycles. The van der Waals surface area contributed by atoms with Gasteiger partial charge in [0.25, 0.3) is 0 Å². The molecule has 0 aromatic heterocycles. The lowest BCUT2D eigenvalue weighted by Crippen LogP contribution is -2.39. The van der Waals surface area contributed by atoms with E-state index in [1.54, 1.807) is 0 Å². The van der Waals surface area contributed by atoms with Gasteiger partial charge in [0.05, 0.1) is 6.26 Å². The fourth-order valence-electron chi connectivity index (χ4n) is 1.96. The Morgan fingerprint density at radius 2 is 2.06 bits per heavy atom. The molecule has 0 bridgehead atoms. The fraction of sp³-hybridized carbons (Fsp3) is 0.909. The van der Waals surface area contributed by atoms with E-state index in [2.05, 4.69) is 17.2 Å². The van der Waals surface area contributed by atoms with Crippen molar-refractivity contribution in [2.75, 3.05) is 32.4 Å². The van der Waals surface area contributed by atoms with Crippen LogP contribution in [-0.2, 0) is 10.0 Å². The Balaban J connectivity index is 2.32. The number of nitrogens with one attached hydrogen (secondary N) is 1. The smallest absolute Gasteiger partial charge is 0.211 e. The van der Waals surface area contributed by atoms with Gasteiger partial charge in [0.2, 0.25) is 10.0 Å². The Hall–Kier alpha value is -0.820. The fourth-order valence-corrected chi connectivity index (χ4v) is 2.83. The van der Waals surface area contributed by atoms with Crippen molar-refractivity contribution in [1.82, 2.24) is 9.62 Å². The zero-order chi connectivity index (χ0) is 13.6. The summed E-state index contributed by atoms with van der Waals surface area (Å²) in [5.41, 5.74) is 5.71. The number of hydrogen-bond donors (Lipinski definition) is 2. The molecule has 1 fully saturated rings. The highest BCUT2D eigenvalue weighted by atomic mass is 32.2. The quantitative estimate of drug-likeness (QED) is 0.545. The molecule has 1 saturated heterocycles. The lowest BCUT2D eigenvalue weighted by atomic mass is 9.98. The molecular formula is C11H24N4O2S. The zero-order valence-corrected chi connectivity index (χ0v) is 12.0. The number of guanidine groups is 1. The van der Waals surface area contributed by atoms with Gasteiger partial charge in [0, 0.05) is 26.2 Å². The Morgan fingerprint density at radius 3 is 2.56 bits per heavy atom. The van der Waals surface area contributed by atoms with Crippen LogP contribution in [0.25, 0.3) is 0 Å². The van der Waals surface area contributed by atoms with Gasteiger partial charge in [-0.1, -0.05) is 6.92 Å². The van der Waals surface area contributed by atoms with Crippen molar-refractivity contribution in [3.8, 4) is 0 Å². The van der Waals surface area contributed by atoms with E-state index in [1.807, 2.05) is 0 Å². The molecule has 0 amide bonds. The third-order valence-corrected chi connectivity index (χ3v) is 4.42. The predicted molar refractivity (Wildman–Crippen MR) is 73.9 cm³/mol. The summed E-state index contributed by atoms with van der Waals surface area (Å²) >= 11 is 0. The zero-order valence-electron chi connectivity index (χ0n) is 11.2. The molecule has 1 aliphatic rings. The van der Waals surface area contributed by atoms with E-state index in [-0.39, 0.29) is 0 Å².